The van der Waals surface area contributed by atoms with Crippen molar-refractivity contribution in [3.05, 3.63) is 15.5 Å². The van der Waals surface area contributed by atoms with Crippen molar-refractivity contribution in [1.82, 2.24) is 9.88 Å². The van der Waals surface area contributed by atoms with Crippen LogP contribution >= 0.6 is 22.9 Å². The quantitative estimate of drug-likeness (QED) is 0.822. The fraction of sp³-hybridized carbons (Fsp3) is 0.714. The Hall–Kier alpha value is -0.660. The number of ether oxygens (including phenoxy) is 1. The van der Waals surface area contributed by atoms with E-state index in [-0.39, 0.29) is 12.0 Å². The summed E-state index contributed by atoms with van der Waals surface area (Å²) in [5, 5.41) is 0. The molecule has 1 fully saturated rings. The zero-order valence-corrected chi connectivity index (χ0v) is 15.4. The summed E-state index contributed by atoms with van der Waals surface area (Å²) in [6.07, 6.45) is 2.26. The van der Waals surface area contributed by atoms with Gasteiger partial charge in [0.15, 0.2) is 4.47 Å². The molecule has 1 aromatic heterocycles. The molecular weight excluding hydrogens is 344 g/mol. The molecule has 8 heteroatoms. The van der Waals surface area contributed by atoms with E-state index in [0.29, 0.717) is 29.1 Å². The van der Waals surface area contributed by atoms with Crippen molar-refractivity contribution < 1.29 is 13.7 Å². The standard InChI is InChI=1S/C14H21ClN2O3S2/c1-14(2,3)20-13(18)17-5-4-10(7-17)8-22(19)9-11-6-16-12(15)21-11/h6,10H,4-5,7-9H2,1-3H3. The molecule has 1 amide bonds. The number of halogens is 1. The van der Waals surface area contributed by atoms with Gasteiger partial charge in [-0.1, -0.05) is 11.6 Å². The summed E-state index contributed by atoms with van der Waals surface area (Å²) in [6.45, 7) is 6.85. The second kappa shape index (κ2) is 7.27. The van der Waals surface area contributed by atoms with Crippen LogP contribution in [0.2, 0.25) is 4.47 Å². The summed E-state index contributed by atoms with van der Waals surface area (Å²) >= 11 is 7.13. The maximum absolute atomic E-state index is 12.2. The van der Waals surface area contributed by atoms with Crippen LogP contribution in [-0.4, -0.2) is 44.6 Å². The minimum Gasteiger partial charge on any atom is -0.444 e. The average Bonchev–Trinajstić information content (AvgIpc) is 2.96. The molecule has 1 aliphatic heterocycles. The Morgan fingerprint density at radius 3 is 2.91 bits per heavy atom. The molecule has 5 nitrogen and oxygen atoms in total. The van der Waals surface area contributed by atoms with E-state index in [4.69, 9.17) is 16.3 Å². The van der Waals surface area contributed by atoms with Crippen molar-refractivity contribution in [3.63, 3.8) is 0 Å². The number of hydrogen-bond donors (Lipinski definition) is 0. The van der Waals surface area contributed by atoms with Crippen LogP contribution in [0.4, 0.5) is 4.79 Å². The largest absolute Gasteiger partial charge is 0.444 e. The lowest BCUT2D eigenvalue weighted by molar-refractivity contribution is 0.0289. The normalized spacial score (nSPS) is 20.2. The molecule has 0 N–H and O–H groups in total. The third-order valence-corrected chi connectivity index (χ3v) is 5.96. The molecule has 2 atom stereocenters. The van der Waals surface area contributed by atoms with Gasteiger partial charge in [0, 0.05) is 40.7 Å². The first kappa shape index (κ1) is 17.7. The van der Waals surface area contributed by atoms with Crippen molar-refractivity contribution in [2.45, 2.75) is 38.5 Å². The van der Waals surface area contributed by atoms with Crippen LogP contribution in [0.1, 0.15) is 32.1 Å². The van der Waals surface area contributed by atoms with E-state index < -0.39 is 16.4 Å². The van der Waals surface area contributed by atoms with E-state index in [2.05, 4.69) is 4.98 Å². The second-order valence-electron chi connectivity index (χ2n) is 6.41. The predicted octanol–water partition coefficient (Wildman–Crippen LogP) is 3.30. The Bertz CT molecular complexity index is 557. The molecule has 2 heterocycles. The molecule has 0 aromatic carbocycles. The van der Waals surface area contributed by atoms with Gasteiger partial charge < -0.3 is 9.64 Å². The van der Waals surface area contributed by atoms with Gasteiger partial charge in [-0.2, -0.15) is 0 Å². The number of carbonyl (C=O) groups excluding carboxylic acids is 1. The lowest BCUT2D eigenvalue weighted by Crippen LogP contribution is -2.35. The van der Waals surface area contributed by atoms with E-state index in [0.717, 1.165) is 11.3 Å². The first-order chi connectivity index (χ1) is 10.2. The highest BCUT2D eigenvalue weighted by Crippen LogP contribution is 2.23. The van der Waals surface area contributed by atoms with Crippen LogP contribution in [0, 0.1) is 5.92 Å². The van der Waals surface area contributed by atoms with Gasteiger partial charge in [0.05, 0.1) is 5.75 Å². The van der Waals surface area contributed by atoms with Gasteiger partial charge in [-0.05, 0) is 33.1 Å². The molecule has 1 saturated heterocycles. The average molecular weight is 365 g/mol. The summed E-state index contributed by atoms with van der Waals surface area (Å²) in [5.41, 5.74) is -0.483. The van der Waals surface area contributed by atoms with Gasteiger partial charge in [-0.15, -0.1) is 11.3 Å². The number of nitrogens with zero attached hydrogens (tertiary/aromatic N) is 2. The zero-order chi connectivity index (χ0) is 16.3. The number of aromatic nitrogens is 1. The molecule has 1 aromatic rings. The van der Waals surface area contributed by atoms with E-state index >= 15 is 0 Å². The van der Waals surface area contributed by atoms with Gasteiger partial charge in [0.2, 0.25) is 0 Å². The molecule has 0 spiro atoms. The van der Waals surface area contributed by atoms with Gasteiger partial charge in [-0.25, -0.2) is 9.78 Å². The smallest absolute Gasteiger partial charge is 0.410 e. The summed E-state index contributed by atoms with van der Waals surface area (Å²) in [4.78, 5) is 18.6. The fourth-order valence-corrected chi connectivity index (χ4v) is 5.00. The summed E-state index contributed by atoms with van der Waals surface area (Å²) in [5.74, 6) is 1.33. The van der Waals surface area contributed by atoms with Crippen molar-refractivity contribution >= 4 is 39.8 Å². The molecule has 124 valence electrons. The second-order valence-corrected chi connectivity index (χ2v) is 9.61. The monoisotopic (exact) mass is 364 g/mol. The van der Waals surface area contributed by atoms with Crippen molar-refractivity contribution in [1.29, 1.82) is 0 Å². The highest BCUT2D eigenvalue weighted by Gasteiger charge is 2.30. The topological polar surface area (TPSA) is 59.5 Å². The van der Waals surface area contributed by atoms with Crippen LogP contribution in [0.3, 0.4) is 0 Å². The Balaban J connectivity index is 1.78. The molecular formula is C14H21ClN2O3S2. The summed E-state index contributed by atoms with van der Waals surface area (Å²) in [6, 6.07) is 0. The molecule has 0 aliphatic carbocycles. The molecule has 2 rings (SSSR count). The maximum Gasteiger partial charge on any atom is 0.410 e. The summed E-state index contributed by atoms with van der Waals surface area (Å²) in [7, 11) is -0.962. The highest BCUT2D eigenvalue weighted by atomic mass is 35.5. The molecule has 1 aliphatic rings. The van der Waals surface area contributed by atoms with E-state index in [1.165, 1.54) is 11.3 Å². The molecule has 0 saturated carbocycles. The predicted molar refractivity (Wildman–Crippen MR) is 89.8 cm³/mol. The Labute approximate surface area is 142 Å². The lowest BCUT2D eigenvalue weighted by atomic mass is 10.2. The van der Waals surface area contributed by atoms with Gasteiger partial charge >= 0.3 is 6.09 Å². The molecule has 2 unspecified atom stereocenters. The van der Waals surface area contributed by atoms with Gasteiger partial charge in [0.1, 0.15) is 5.60 Å². The van der Waals surface area contributed by atoms with Gasteiger partial charge in [-0.3, -0.25) is 4.21 Å². The third kappa shape index (κ3) is 5.52. The number of hydrogen-bond acceptors (Lipinski definition) is 5. The minimum atomic E-state index is -0.962. The number of amides is 1. The van der Waals surface area contributed by atoms with E-state index in [1.807, 2.05) is 20.8 Å². The SMILES string of the molecule is CC(C)(C)OC(=O)N1CCC(CS(=O)Cc2cnc(Cl)s2)C1. The van der Waals surface area contributed by atoms with Crippen LogP contribution in [0.5, 0.6) is 0 Å². The Morgan fingerprint density at radius 1 is 1.59 bits per heavy atom. The van der Waals surface area contributed by atoms with E-state index in [9.17, 15) is 9.00 Å². The molecule has 22 heavy (non-hydrogen) atoms. The zero-order valence-electron chi connectivity index (χ0n) is 13.0. The van der Waals surface area contributed by atoms with Crippen molar-refractivity contribution in [3.8, 4) is 0 Å². The number of rotatable bonds is 4. The van der Waals surface area contributed by atoms with Crippen LogP contribution < -0.4 is 0 Å². The minimum absolute atomic E-state index is 0.261. The Kier molecular flexibility index (Phi) is 5.85. The van der Waals surface area contributed by atoms with Crippen LogP contribution in [0.25, 0.3) is 0 Å². The van der Waals surface area contributed by atoms with Crippen molar-refractivity contribution in [2.24, 2.45) is 5.92 Å². The molecule has 0 radical (unpaired) electrons. The molecule has 0 bridgehead atoms. The van der Waals surface area contributed by atoms with Crippen LogP contribution in [-0.2, 0) is 21.3 Å². The van der Waals surface area contributed by atoms with E-state index in [1.54, 1.807) is 11.1 Å². The number of likely N-dealkylation sites (tertiary alicyclic amines) is 1. The number of carbonyl (C=O) groups is 1. The lowest BCUT2D eigenvalue weighted by Gasteiger charge is -2.24. The fourth-order valence-electron chi connectivity index (χ4n) is 2.29. The van der Waals surface area contributed by atoms with Gasteiger partial charge in [0.25, 0.3) is 0 Å². The Morgan fingerprint density at radius 2 is 2.32 bits per heavy atom. The van der Waals surface area contributed by atoms with Crippen molar-refractivity contribution in [2.75, 3.05) is 18.8 Å². The highest BCUT2D eigenvalue weighted by molar-refractivity contribution is 7.84. The summed E-state index contributed by atoms with van der Waals surface area (Å²) < 4.78 is 18.0. The first-order valence-corrected chi connectivity index (χ1v) is 9.84. The third-order valence-electron chi connectivity index (χ3n) is 3.19. The first-order valence-electron chi connectivity index (χ1n) is 7.16. The maximum atomic E-state index is 12.2. The number of thiazole rings is 1. The van der Waals surface area contributed by atoms with Crippen LogP contribution in [0.15, 0.2) is 6.20 Å².